The second kappa shape index (κ2) is 8.45. The largest absolute Gasteiger partial charge is 0.143 e. The van der Waals surface area contributed by atoms with Crippen LogP contribution in [0, 0.1) is 0 Å². The molecule has 0 atom stereocenters. The summed E-state index contributed by atoms with van der Waals surface area (Å²) < 4.78 is 0. The van der Waals surface area contributed by atoms with Crippen LogP contribution < -0.4 is 20.9 Å². The minimum atomic E-state index is 0.878. The fourth-order valence-corrected chi connectivity index (χ4v) is 2.59. The van der Waals surface area contributed by atoms with Gasteiger partial charge in [-0.1, -0.05) is 67.8 Å². The van der Waals surface area contributed by atoms with Gasteiger partial charge in [-0.15, -0.1) is 12.6 Å². The summed E-state index contributed by atoms with van der Waals surface area (Å²) in [5, 5.41) is 4.31. The van der Waals surface area contributed by atoms with Crippen molar-refractivity contribution in [1.29, 1.82) is 0 Å². The second-order valence-corrected chi connectivity index (χ2v) is 5.73. The standard InChI is InChI=1S/C21H24S/c1-7-9-16(5)11-14-20(22)19-13-12-18(10-8-2)21(15(3)4)17(19)6/h7-14,22H,2,5-6H2,1,3-4H3/b9-7-,14-11-,18-10-,20-19+. The topological polar surface area (TPSA) is 0 Å². The summed E-state index contributed by atoms with van der Waals surface area (Å²) in [5.74, 6) is 0. The molecule has 0 spiro atoms. The first-order valence-corrected chi connectivity index (χ1v) is 7.68. The van der Waals surface area contributed by atoms with Crippen LogP contribution in [-0.4, -0.2) is 0 Å². The van der Waals surface area contributed by atoms with E-state index in [2.05, 4.69) is 58.3 Å². The first-order valence-electron chi connectivity index (χ1n) is 7.23. The first-order chi connectivity index (χ1) is 10.4. The Hall–Kier alpha value is -1.99. The molecule has 0 aromatic heterocycles. The molecule has 0 N–H and O–H groups in total. The van der Waals surface area contributed by atoms with E-state index in [4.69, 9.17) is 0 Å². The highest BCUT2D eigenvalue weighted by Gasteiger charge is 1.95. The lowest BCUT2D eigenvalue weighted by Crippen LogP contribution is -2.48. The molecule has 0 radical (unpaired) electrons. The predicted octanol–water partition coefficient (Wildman–Crippen LogP) is 2.98. The third kappa shape index (κ3) is 4.51. The van der Waals surface area contributed by atoms with E-state index < -0.39 is 0 Å². The molecule has 0 heterocycles. The lowest BCUT2D eigenvalue weighted by Gasteiger charge is -2.00. The lowest BCUT2D eigenvalue weighted by molar-refractivity contribution is 1.36. The molecule has 0 aliphatic carbocycles. The molecule has 1 heteroatoms. The zero-order valence-corrected chi connectivity index (χ0v) is 14.6. The Labute approximate surface area is 139 Å². The Bertz CT molecular complexity index is 858. The number of benzene rings is 1. The predicted molar refractivity (Wildman–Crippen MR) is 105 cm³/mol. The van der Waals surface area contributed by atoms with Crippen LogP contribution in [-0.2, 0) is 0 Å². The van der Waals surface area contributed by atoms with E-state index in [0.29, 0.717) is 0 Å². The van der Waals surface area contributed by atoms with Crippen LogP contribution >= 0.6 is 12.6 Å². The van der Waals surface area contributed by atoms with E-state index >= 15 is 0 Å². The third-order valence-corrected chi connectivity index (χ3v) is 3.64. The first kappa shape index (κ1) is 18.1. The van der Waals surface area contributed by atoms with E-state index in [9.17, 15) is 0 Å². The summed E-state index contributed by atoms with van der Waals surface area (Å²) in [6.07, 6.45) is 11.6. The SMILES string of the molecule is C=C/C=c1/cc/c(=C(S)/C=C\C(=C)/C=C\C)c(=C)c1=C(C)C. The van der Waals surface area contributed by atoms with Crippen LogP contribution in [0.5, 0.6) is 0 Å². The summed E-state index contributed by atoms with van der Waals surface area (Å²) in [6, 6.07) is 4.13. The van der Waals surface area contributed by atoms with Gasteiger partial charge < -0.3 is 0 Å². The van der Waals surface area contributed by atoms with Crippen molar-refractivity contribution in [1.82, 2.24) is 0 Å². The molecule has 0 fully saturated rings. The molecule has 0 saturated heterocycles. The summed E-state index contributed by atoms with van der Waals surface area (Å²) in [5.41, 5.74) is 2.16. The van der Waals surface area contributed by atoms with Crippen LogP contribution in [0.1, 0.15) is 20.8 Å². The van der Waals surface area contributed by atoms with Crippen molar-refractivity contribution in [3.05, 3.63) is 82.1 Å². The average molecular weight is 308 g/mol. The van der Waals surface area contributed by atoms with Crippen LogP contribution in [0.25, 0.3) is 23.1 Å². The molecular weight excluding hydrogens is 284 g/mol. The molecule has 0 amide bonds. The van der Waals surface area contributed by atoms with Crippen LogP contribution in [0.3, 0.4) is 0 Å². The molecule has 0 bridgehead atoms. The average Bonchev–Trinajstić information content (AvgIpc) is 2.45. The molecule has 114 valence electrons. The molecule has 22 heavy (non-hydrogen) atoms. The van der Waals surface area contributed by atoms with E-state index in [1.54, 1.807) is 6.08 Å². The fraction of sp³-hybridized carbons (Fsp3) is 0.143. The highest BCUT2D eigenvalue weighted by atomic mass is 32.1. The summed E-state index contributed by atoms with van der Waals surface area (Å²) >= 11 is 4.62. The monoisotopic (exact) mass is 308 g/mol. The van der Waals surface area contributed by atoms with Gasteiger partial charge in [-0.3, -0.25) is 0 Å². The maximum Gasteiger partial charge on any atom is 0.0119 e. The number of hydrogen-bond acceptors (Lipinski definition) is 1. The number of rotatable bonds is 4. The molecule has 1 aromatic carbocycles. The maximum absolute atomic E-state index is 4.62. The summed E-state index contributed by atoms with van der Waals surface area (Å²) in [6.45, 7) is 18.1. The Balaban J connectivity index is 3.69. The molecule has 0 unspecified atom stereocenters. The van der Waals surface area contributed by atoms with E-state index in [-0.39, 0.29) is 0 Å². The quantitative estimate of drug-likeness (QED) is 0.642. The van der Waals surface area contributed by atoms with Crippen molar-refractivity contribution in [2.45, 2.75) is 20.8 Å². The minimum absolute atomic E-state index is 0.878. The van der Waals surface area contributed by atoms with Crippen LogP contribution in [0.4, 0.5) is 0 Å². The van der Waals surface area contributed by atoms with Gasteiger partial charge in [0.1, 0.15) is 0 Å². The minimum Gasteiger partial charge on any atom is -0.143 e. The normalized spacial score (nSPS) is 13.7. The van der Waals surface area contributed by atoms with E-state index in [1.807, 2.05) is 37.3 Å². The maximum atomic E-state index is 4.62. The second-order valence-electron chi connectivity index (χ2n) is 5.25. The van der Waals surface area contributed by atoms with Crippen LogP contribution in [0.2, 0.25) is 0 Å². The van der Waals surface area contributed by atoms with Crippen molar-refractivity contribution in [3.63, 3.8) is 0 Å². The van der Waals surface area contributed by atoms with Gasteiger partial charge >= 0.3 is 0 Å². The van der Waals surface area contributed by atoms with Gasteiger partial charge in [-0.2, -0.15) is 0 Å². The number of allylic oxidation sites excluding steroid dienone is 5. The van der Waals surface area contributed by atoms with Gasteiger partial charge in [-0.05, 0) is 53.3 Å². The highest BCUT2D eigenvalue weighted by molar-refractivity contribution is 7.90. The Morgan fingerprint density at radius 3 is 2.36 bits per heavy atom. The van der Waals surface area contributed by atoms with E-state index in [0.717, 1.165) is 31.4 Å². The molecule has 0 saturated carbocycles. The van der Waals surface area contributed by atoms with Crippen molar-refractivity contribution >= 4 is 35.8 Å². The van der Waals surface area contributed by atoms with Gasteiger partial charge in [-0.25, -0.2) is 0 Å². The van der Waals surface area contributed by atoms with Crippen molar-refractivity contribution in [2.24, 2.45) is 0 Å². The number of hydrogen-bond donors (Lipinski definition) is 1. The Morgan fingerprint density at radius 1 is 1.14 bits per heavy atom. The zero-order valence-electron chi connectivity index (χ0n) is 13.7. The third-order valence-electron chi connectivity index (χ3n) is 3.25. The molecule has 1 aromatic rings. The smallest absolute Gasteiger partial charge is 0.0119 e. The Kier molecular flexibility index (Phi) is 6.94. The lowest BCUT2D eigenvalue weighted by atomic mass is 10.1. The van der Waals surface area contributed by atoms with Gasteiger partial charge in [0.25, 0.3) is 0 Å². The van der Waals surface area contributed by atoms with Gasteiger partial charge in [0.2, 0.25) is 0 Å². The number of thiol groups is 1. The van der Waals surface area contributed by atoms with Gasteiger partial charge in [0.05, 0.1) is 0 Å². The molecular formula is C21H24S. The molecule has 0 aliphatic heterocycles. The summed E-state index contributed by atoms with van der Waals surface area (Å²) in [7, 11) is 0. The van der Waals surface area contributed by atoms with Crippen molar-refractivity contribution in [3.8, 4) is 0 Å². The highest BCUT2D eigenvalue weighted by Crippen LogP contribution is 2.04. The zero-order chi connectivity index (χ0) is 16.7. The molecule has 0 nitrogen and oxygen atoms in total. The fourth-order valence-electron chi connectivity index (χ4n) is 2.31. The van der Waals surface area contributed by atoms with Crippen LogP contribution in [0.15, 0.2) is 61.2 Å². The van der Waals surface area contributed by atoms with E-state index in [1.165, 1.54) is 5.57 Å². The molecule has 1 rings (SSSR count). The Morgan fingerprint density at radius 2 is 1.82 bits per heavy atom. The van der Waals surface area contributed by atoms with Crippen molar-refractivity contribution < 1.29 is 0 Å². The van der Waals surface area contributed by atoms with Gasteiger partial charge in [0.15, 0.2) is 0 Å². The molecule has 0 aliphatic rings. The van der Waals surface area contributed by atoms with Gasteiger partial charge in [0, 0.05) is 4.91 Å². The van der Waals surface area contributed by atoms with Crippen molar-refractivity contribution in [2.75, 3.05) is 0 Å². The summed E-state index contributed by atoms with van der Waals surface area (Å²) in [4.78, 5) is 0.878.